The van der Waals surface area contributed by atoms with Crippen LogP contribution >= 0.6 is 15.9 Å². The number of methoxy groups -OCH3 is 1. The Morgan fingerprint density at radius 1 is 1.52 bits per heavy atom. The summed E-state index contributed by atoms with van der Waals surface area (Å²) in [5.74, 6) is -1.15. The van der Waals surface area contributed by atoms with Crippen molar-refractivity contribution in [3.05, 3.63) is 45.4 Å². The van der Waals surface area contributed by atoms with Crippen molar-refractivity contribution in [2.45, 2.75) is 6.61 Å². The van der Waals surface area contributed by atoms with Crippen LogP contribution in [-0.2, 0) is 11.3 Å². The SMILES string of the molecule is COCc1c(C(=O)N/N=C\c2cc(Br)ccc2F)nnn1-c1nonc1N. The number of hydrazone groups is 1. The molecule has 3 aromatic rings. The molecule has 0 bridgehead atoms. The van der Waals surface area contributed by atoms with Crippen molar-refractivity contribution in [1.29, 1.82) is 0 Å². The molecule has 0 aliphatic rings. The summed E-state index contributed by atoms with van der Waals surface area (Å²) < 4.78 is 25.1. The molecule has 1 aromatic carbocycles. The van der Waals surface area contributed by atoms with E-state index in [1.54, 1.807) is 6.07 Å². The molecule has 0 aliphatic carbocycles. The monoisotopic (exact) mass is 438 g/mol. The van der Waals surface area contributed by atoms with E-state index < -0.39 is 11.7 Å². The highest BCUT2D eigenvalue weighted by Crippen LogP contribution is 2.16. The Balaban J connectivity index is 1.82. The quantitative estimate of drug-likeness (QED) is 0.428. The van der Waals surface area contributed by atoms with Crippen LogP contribution in [0.2, 0.25) is 0 Å². The molecule has 1 amide bonds. The number of carbonyl (C=O) groups excluding carboxylic acids is 1. The van der Waals surface area contributed by atoms with Crippen LogP contribution in [0.5, 0.6) is 0 Å². The van der Waals surface area contributed by atoms with Crippen molar-refractivity contribution >= 4 is 33.9 Å². The van der Waals surface area contributed by atoms with Gasteiger partial charge in [-0.15, -0.1) is 5.10 Å². The zero-order chi connectivity index (χ0) is 19.4. The minimum Gasteiger partial charge on any atom is -0.378 e. The largest absolute Gasteiger partial charge is 0.378 e. The van der Waals surface area contributed by atoms with E-state index in [2.05, 4.69) is 51.7 Å². The van der Waals surface area contributed by atoms with Crippen molar-refractivity contribution in [2.75, 3.05) is 12.8 Å². The second-order valence-electron chi connectivity index (χ2n) is 5.07. The molecular weight excluding hydrogens is 427 g/mol. The highest BCUT2D eigenvalue weighted by atomic mass is 79.9. The molecule has 0 aliphatic heterocycles. The Hall–Kier alpha value is -3.19. The van der Waals surface area contributed by atoms with Crippen LogP contribution in [-0.4, -0.2) is 44.5 Å². The minimum absolute atomic E-state index is 0.0218. The number of hydrogen-bond acceptors (Lipinski definition) is 9. The van der Waals surface area contributed by atoms with Crippen molar-refractivity contribution in [3.8, 4) is 5.82 Å². The van der Waals surface area contributed by atoms with Crippen LogP contribution in [0.1, 0.15) is 21.7 Å². The summed E-state index contributed by atoms with van der Waals surface area (Å²) >= 11 is 3.23. The average molecular weight is 439 g/mol. The van der Waals surface area contributed by atoms with E-state index in [4.69, 9.17) is 10.5 Å². The zero-order valence-corrected chi connectivity index (χ0v) is 15.3. The Morgan fingerprint density at radius 3 is 3.04 bits per heavy atom. The number of benzene rings is 1. The number of ether oxygens (including phenoxy) is 1. The highest BCUT2D eigenvalue weighted by molar-refractivity contribution is 9.10. The average Bonchev–Trinajstić information content (AvgIpc) is 3.24. The van der Waals surface area contributed by atoms with E-state index in [9.17, 15) is 9.18 Å². The minimum atomic E-state index is -0.685. The number of amides is 1. The Labute approximate surface area is 159 Å². The van der Waals surface area contributed by atoms with E-state index >= 15 is 0 Å². The van der Waals surface area contributed by atoms with Gasteiger partial charge in [-0.1, -0.05) is 21.1 Å². The van der Waals surface area contributed by atoms with E-state index in [-0.39, 0.29) is 35.2 Å². The number of halogens is 2. The molecule has 0 fully saturated rings. The van der Waals surface area contributed by atoms with Crippen LogP contribution in [0.4, 0.5) is 10.2 Å². The lowest BCUT2D eigenvalue weighted by Crippen LogP contribution is -2.20. The number of nitrogens with one attached hydrogen (secondary N) is 1. The molecule has 13 heteroatoms. The summed E-state index contributed by atoms with van der Waals surface area (Å²) in [5, 5.41) is 18.4. The second-order valence-corrected chi connectivity index (χ2v) is 5.98. The number of anilines is 1. The number of rotatable bonds is 6. The summed E-state index contributed by atoms with van der Waals surface area (Å²) in [6.45, 7) is -0.0218. The fourth-order valence-corrected chi connectivity index (χ4v) is 2.46. The van der Waals surface area contributed by atoms with Crippen LogP contribution in [0.25, 0.3) is 5.82 Å². The van der Waals surface area contributed by atoms with Crippen LogP contribution in [0.3, 0.4) is 0 Å². The normalized spacial score (nSPS) is 11.2. The molecule has 0 atom stereocenters. The summed E-state index contributed by atoms with van der Waals surface area (Å²) in [7, 11) is 1.43. The van der Waals surface area contributed by atoms with Crippen molar-refractivity contribution < 1.29 is 18.6 Å². The molecule has 0 spiro atoms. The topological polar surface area (TPSA) is 146 Å². The van der Waals surface area contributed by atoms with Gasteiger partial charge in [-0.25, -0.2) is 14.4 Å². The lowest BCUT2D eigenvalue weighted by molar-refractivity contribution is 0.0944. The zero-order valence-electron chi connectivity index (χ0n) is 13.8. The molecule has 0 saturated heterocycles. The third-order valence-electron chi connectivity index (χ3n) is 3.28. The third-order valence-corrected chi connectivity index (χ3v) is 3.78. The Bertz CT molecular complexity index is 1000. The van der Waals surface area contributed by atoms with Crippen LogP contribution in [0, 0.1) is 5.82 Å². The molecule has 3 N–H and O–H groups in total. The van der Waals surface area contributed by atoms with Gasteiger partial charge >= 0.3 is 0 Å². The first-order valence-corrected chi connectivity index (χ1v) is 8.11. The maximum atomic E-state index is 13.7. The Kier molecular flexibility index (Phi) is 5.52. The third kappa shape index (κ3) is 3.98. The number of carbonyl (C=O) groups is 1. The Morgan fingerprint density at radius 2 is 2.33 bits per heavy atom. The standard InChI is InChI=1S/C14H12BrFN8O3/c1-26-6-10-11(19-23-24(10)13-12(17)21-27-22-13)14(25)20-18-5-7-4-8(15)2-3-9(7)16/h2-5H,6H2,1H3,(H2,17,21)(H,20,25)/b18-5-. The molecule has 0 radical (unpaired) electrons. The second kappa shape index (κ2) is 8.01. The predicted molar refractivity (Wildman–Crippen MR) is 93.5 cm³/mol. The molecule has 0 unspecified atom stereocenters. The summed E-state index contributed by atoms with van der Waals surface area (Å²) in [6, 6.07) is 4.33. The van der Waals surface area contributed by atoms with Crippen molar-refractivity contribution in [1.82, 2.24) is 30.7 Å². The van der Waals surface area contributed by atoms with Gasteiger partial charge in [0.1, 0.15) is 11.5 Å². The molecule has 3 rings (SSSR count). The maximum Gasteiger partial charge on any atom is 0.293 e. The fraction of sp³-hybridized carbons (Fsp3) is 0.143. The predicted octanol–water partition coefficient (Wildman–Crippen LogP) is 1.04. The van der Waals surface area contributed by atoms with Gasteiger partial charge < -0.3 is 10.5 Å². The number of aromatic nitrogens is 5. The fourth-order valence-electron chi connectivity index (χ4n) is 2.08. The molecular formula is C14H12BrFN8O3. The van der Waals surface area contributed by atoms with Gasteiger partial charge in [-0.3, -0.25) is 4.79 Å². The van der Waals surface area contributed by atoms with Gasteiger partial charge in [0.05, 0.1) is 12.8 Å². The molecule has 2 heterocycles. The van der Waals surface area contributed by atoms with Gasteiger partial charge in [-0.2, -0.15) is 9.78 Å². The molecule has 140 valence electrons. The maximum absolute atomic E-state index is 13.7. The van der Waals surface area contributed by atoms with Crippen LogP contribution in [0.15, 0.2) is 32.4 Å². The van der Waals surface area contributed by atoms with Gasteiger partial charge in [0.25, 0.3) is 5.91 Å². The van der Waals surface area contributed by atoms with Gasteiger partial charge in [0.2, 0.25) is 11.6 Å². The highest BCUT2D eigenvalue weighted by Gasteiger charge is 2.23. The van der Waals surface area contributed by atoms with Gasteiger partial charge in [0, 0.05) is 17.1 Å². The van der Waals surface area contributed by atoms with E-state index in [0.29, 0.717) is 4.47 Å². The van der Waals surface area contributed by atoms with Crippen molar-refractivity contribution in [3.63, 3.8) is 0 Å². The van der Waals surface area contributed by atoms with Gasteiger partial charge in [-0.05, 0) is 28.5 Å². The van der Waals surface area contributed by atoms with Crippen LogP contribution < -0.4 is 11.2 Å². The molecule has 11 nitrogen and oxygen atoms in total. The smallest absolute Gasteiger partial charge is 0.293 e. The van der Waals surface area contributed by atoms with Crippen molar-refractivity contribution in [2.24, 2.45) is 5.10 Å². The number of nitrogen functional groups attached to an aromatic ring is 1. The van der Waals surface area contributed by atoms with E-state index in [1.807, 2.05) is 0 Å². The number of nitrogens with zero attached hydrogens (tertiary/aromatic N) is 6. The summed E-state index contributed by atoms with van der Waals surface area (Å²) in [6.07, 6.45) is 1.16. The van der Waals surface area contributed by atoms with E-state index in [0.717, 1.165) is 6.21 Å². The lowest BCUT2D eigenvalue weighted by atomic mass is 10.2. The number of hydrogen-bond donors (Lipinski definition) is 2. The lowest BCUT2D eigenvalue weighted by Gasteiger charge is -2.04. The first-order chi connectivity index (χ1) is 13.0. The van der Waals surface area contributed by atoms with Gasteiger partial charge in [0.15, 0.2) is 5.69 Å². The summed E-state index contributed by atoms with van der Waals surface area (Å²) in [5.41, 5.74) is 8.25. The first kappa shape index (κ1) is 18.6. The summed E-state index contributed by atoms with van der Waals surface area (Å²) in [4.78, 5) is 12.4. The molecule has 27 heavy (non-hydrogen) atoms. The molecule has 2 aromatic heterocycles. The number of nitrogens with two attached hydrogens (primary N) is 1. The first-order valence-electron chi connectivity index (χ1n) is 7.31. The van der Waals surface area contributed by atoms with E-state index in [1.165, 1.54) is 23.9 Å². The molecule has 0 saturated carbocycles.